The van der Waals surface area contributed by atoms with E-state index in [1.165, 1.54) is 0 Å². The van der Waals surface area contributed by atoms with Gasteiger partial charge in [-0.05, 0) is 32.9 Å². The number of amides is 4. The van der Waals surface area contributed by atoms with Gasteiger partial charge in [0.1, 0.15) is 11.1 Å². The van der Waals surface area contributed by atoms with E-state index in [4.69, 9.17) is 4.42 Å². The third-order valence-corrected chi connectivity index (χ3v) is 4.39. The van der Waals surface area contributed by atoms with Crippen molar-refractivity contribution in [2.45, 2.75) is 32.7 Å². The molecule has 0 saturated carbocycles. The maximum absolute atomic E-state index is 12.1. The Morgan fingerprint density at radius 2 is 1.96 bits per heavy atom. The molecular formula is C19H20N4O5. The lowest BCUT2D eigenvalue weighted by Crippen LogP contribution is -2.40. The Morgan fingerprint density at radius 1 is 1.25 bits per heavy atom. The van der Waals surface area contributed by atoms with Crippen molar-refractivity contribution in [2.24, 2.45) is 5.10 Å². The average Bonchev–Trinajstić information content (AvgIpc) is 2.84. The van der Waals surface area contributed by atoms with Crippen molar-refractivity contribution < 1.29 is 18.8 Å². The second-order valence-electron chi connectivity index (χ2n) is 6.98. The topological polar surface area (TPSA) is 121 Å². The van der Waals surface area contributed by atoms with Crippen LogP contribution in [-0.2, 0) is 9.59 Å². The highest BCUT2D eigenvalue weighted by Gasteiger charge is 2.43. The number of imide groups is 1. The molecule has 146 valence electrons. The molecular weight excluding hydrogens is 364 g/mol. The van der Waals surface area contributed by atoms with Crippen LogP contribution in [0.15, 0.2) is 44.6 Å². The summed E-state index contributed by atoms with van der Waals surface area (Å²) in [6, 6.07) is 8.17. The van der Waals surface area contributed by atoms with Crippen molar-refractivity contribution in [2.75, 3.05) is 6.54 Å². The van der Waals surface area contributed by atoms with Gasteiger partial charge in [0.15, 0.2) is 0 Å². The molecule has 0 atom stereocenters. The molecule has 0 bridgehead atoms. The largest absolute Gasteiger partial charge is 0.422 e. The van der Waals surface area contributed by atoms with E-state index >= 15 is 0 Å². The van der Waals surface area contributed by atoms with Crippen LogP contribution in [0.5, 0.6) is 0 Å². The molecule has 9 heteroatoms. The van der Waals surface area contributed by atoms with Crippen LogP contribution in [-0.4, -0.2) is 40.5 Å². The number of benzene rings is 1. The first-order valence-electron chi connectivity index (χ1n) is 8.69. The first-order chi connectivity index (χ1) is 13.2. The minimum atomic E-state index is -0.980. The standard InChI is InChI=1S/C19H20N4O5/c1-11(13-10-12-6-4-5-7-14(12)28-16(13)25)21-22-15(24)8-9-23-17(26)19(2,3)20-18(23)27/h4-7,10H,8-9H2,1-3H3,(H,20,27)(H,22,24)/b21-11-. The van der Waals surface area contributed by atoms with E-state index < -0.39 is 29.0 Å². The third kappa shape index (κ3) is 3.78. The first-order valence-corrected chi connectivity index (χ1v) is 8.69. The van der Waals surface area contributed by atoms with E-state index in [1.54, 1.807) is 45.0 Å². The molecule has 1 fully saturated rings. The molecule has 3 rings (SSSR count). The van der Waals surface area contributed by atoms with Gasteiger partial charge in [0.25, 0.3) is 5.91 Å². The lowest BCUT2D eigenvalue weighted by molar-refractivity contribution is -0.130. The summed E-state index contributed by atoms with van der Waals surface area (Å²) < 4.78 is 5.24. The number of fused-ring (bicyclic) bond motifs is 1. The molecule has 2 N–H and O–H groups in total. The number of carbonyl (C=O) groups excluding carboxylic acids is 3. The Morgan fingerprint density at radius 3 is 2.64 bits per heavy atom. The summed E-state index contributed by atoms with van der Waals surface area (Å²) in [7, 11) is 0. The van der Waals surface area contributed by atoms with Gasteiger partial charge in [-0.15, -0.1) is 0 Å². The van der Waals surface area contributed by atoms with Crippen LogP contribution in [0.1, 0.15) is 32.8 Å². The van der Waals surface area contributed by atoms with Crippen molar-refractivity contribution in [1.82, 2.24) is 15.6 Å². The maximum atomic E-state index is 12.1. The highest BCUT2D eigenvalue weighted by atomic mass is 16.4. The Hall–Kier alpha value is -3.49. The summed E-state index contributed by atoms with van der Waals surface area (Å²) in [6.45, 7) is 4.69. The fraction of sp³-hybridized carbons (Fsp3) is 0.316. The van der Waals surface area contributed by atoms with Crippen LogP contribution in [0, 0.1) is 0 Å². The van der Waals surface area contributed by atoms with Gasteiger partial charge in [-0.3, -0.25) is 14.5 Å². The normalized spacial score (nSPS) is 16.4. The van der Waals surface area contributed by atoms with Gasteiger partial charge in [0, 0.05) is 18.4 Å². The molecule has 1 aromatic heterocycles. The van der Waals surface area contributed by atoms with Crippen LogP contribution in [0.3, 0.4) is 0 Å². The third-order valence-electron chi connectivity index (χ3n) is 4.39. The summed E-state index contributed by atoms with van der Waals surface area (Å²) in [4.78, 5) is 49.0. The fourth-order valence-electron chi connectivity index (χ4n) is 2.81. The van der Waals surface area contributed by atoms with Crippen molar-refractivity contribution >= 4 is 34.5 Å². The van der Waals surface area contributed by atoms with Gasteiger partial charge in [-0.25, -0.2) is 15.0 Å². The Kier molecular flexibility index (Phi) is 5.00. The van der Waals surface area contributed by atoms with Crippen molar-refractivity contribution in [3.8, 4) is 0 Å². The van der Waals surface area contributed by atoms with Gasteiger partial charge >= 0.3 is 11.7 Å². The van der Waals surface area contributed by atoms with E-state index in [0.29, 0.717) is 5.58 Å². The number of carbonyl (C=O) groups is 3. The quantitative estimate of drug-likeness (QED) is 0.349. The molecule has 0 spiro atoms. The van der Waals surface area contributed by atoms with Gasteiger partial charge < -0.3 is 9.73 Å². The predicted molar refractivity (Wildman–Crippen MR) is 102 cm³/mol. The fourth-order valence-corrected chi connectivity index (χ4v) is 2.81. The van der Waals surface area contributed by atoms with E-state index in [-0.39, 0.29) is 24.2 Å². The number of hydrogen-bond donors (Lipinski definition) is 2. The zero-order chi connectivity index (χ0) is 20.5. The van der Waals surface area contributed by atoms with Gasteiger partial charge in [-0.2, -0.15) is 5.10 Å². The molecule has 2 heterocycles. The van der Waals surface area contributed by atoms with Gasteiger partial charge in [-0.1, -0.05) is 18.2 Å². The number of nitrogens with zero attached hydrogens (tertiary/aromatic N) is 2. The molecule has 9 nitrogen and oxygen atoms in total. The molecule has 1 aliphatic rings. The molecule has 0 radical (unpaired) electrons. The molecule has 0 aliphatic carbocycles. The highest BCUT2D eigenvalue weighted by Crippen LogP contribution is 2.16. The summed E-state index contributed by atoms with van der Waals surface area (Å²) >= 11 is 0. The second kappa shape index (κ2) is 7.26. The van der Waals surface area contributed by atoms with E-state index in [9.17, 15) is 19.2 Å². The smallest absolute Gasteiger partial charge is 0.345 e. The van der Waals surface area contributed by atoms with Crippen LogP contribution >= 0.6 is 0 Å². The molecule has 0 unspecified atom stereocenters. The summed E-state index contributed by atoms with van der Waals surface area (Å²) in [5, 5.41) is 7.20. The number of hydrazone groups is 1. The van der Waals surface area contributed by atoms with Crippen molar-refractivity contribution in [3.05, 3.63) is 46.3 Å². The van der Waals surface area contributed by atoms with Crippen molar-refractivity contribution in [3.63, 3.8) is 0 Å². The lowest BCUT2D eigenvalue weighted by atomic mass is 10.1. The van der Waals surface area contributed by atoms with Gasteiger partial charge in [0.2, 0.25) is 5.91 Å². The zero-order valence-electron chi connectivity index (χ0n) is 15.7. The zero-order valence-corrected chi connectivity index (χ0v) is 15.7. The Balaban J connectivity index is 1.64. The SMILES string of the molecule is C/C(=N/NC(=O)CCN1C(=O)NC(C)(C)C1=O)c1cc2ccccc2oc1=O. The van der Waals surface area contributed by atoms with Crippen LogP contribution < -0.4 is 16.4 Å². The van der Waals surface area contributed by atoms with E-state index in [2.05, 4.69) is 15.8 Å². The highest BCUT2D eigenvalue weighted by molar-refractivity contribution is 6.06. The van der Waals surface area contributed by atoms with Crippen molar-refractivity contribution in [1.29, 1.82) is 0 Å². The van der Waals surface area contributed by atoms with Gasteiger partial charge in [0.05, 0.1) is 11.3 Å². The summed E-state index contributed by atoms with van der Waals surface area (Å²) in [5.74, 6) is -0.881. The number of urea groups is 1. The van der Waals surface area contributed by atoms with Crippen LogP contribution in [0.25, 0.3) is 11.0 Å². The average molecular weight is 384 g/mol. The van der Waals surface area contributed by atoms with Crippen LogP contribution in [0.4, 0.5) is 4.79 Å². The molecule has 2 aromatic rings. The van der Waals surface area contributed by atoms with E-state index in [1.807, 2.05) is 6.07 Å². The number of para-hydroxylation sites is 1. The molecule has 1 saturated heterocycles. The molecule has 28 heavy (non-hydrogen) atoms. The second-order valence-corrected chi connectivity index (χ2v) is 6.98. The molecule has 1 aliphatic heterocycles. The molecule has 4 amide bonds. The maximum Gasteiger partial charge on any atom is 0.345 e. The first kappa shape index (κ1) is 19.3. The summed E-state index contributed by atoms with van der Waals surface area (Å²) in [6.07, 6.45) is -0.113. The number of rotatable bonds is 5. The minimum absolute atomic E-state index is 0.0629. The number of hydrogen-bond acceptors (Lipinski definition) is 6. The predicted octanol–water partition coefficient (Wildman–Crippen LogP) is 1.35. The van der Waals surface area contributed by atoms with Crippen LogP contribution in [0.2, 0.25) is 0 Å². The lowest BCUT2D eigenvalue weighted by Gasteiger charge is -2.15. The minimum Gasteiger partial charge on any atom is -0.422 e. The summed E-state index contributed by atoms with van der Waals surface area (Å²) in [5.41, 5.74) is 1.77. The Bertz CT molecular complexity index is 1050. The molecule has 1 aromatic carbocycles. The van der Waals surface area contributed by atoms with E-state index in [0.717, 1.165) is 10.3 Å². The monoisotopic (exact) mass is 384 g/mol. The Labute approximate surface area is 160 Å². The number of nitrogens with one attached hydrogen (secondary N) is 2.